The number of hydrogen-bond acceptors (Lipinski definition) is 3. The Morgan fingerprint density at radius 2 is 1.96 bits per heavy atom. The van der Waals surface area contributed by atoms with E-state index < -0.39 is 0 Å². The molecule has 0 atom stereocenters. The van der Waals surface area contributed by atoms with Crippen LogP contribution in [0.4, 0.5) is 0 Å². The molecular weight excluding hydrogens is 357 g/mol. The molecule has 0 saturated carbocycles. The molecule has 2 aliphatic rings. The molecule has 1 aromatic carbocycles. The fraction of sp³-hybridized carbons (Fsp3) is 0.158. The Morgan fingerprint density at radius 3 is 2.64 bits per heavy atom. The van der Waals surface area contributed by atoms with Crippen LogP contribution in [0, 0.1) is 18.3 Å². The zero-order chi connectivity index (χ0) is 17.7. The summed E-state index contributed by atoms with van der Waals surface area (Å²) < 4.78 is 2.12. The van der Waals surface area contributed by atoms with Gasteiger partial charge in [-0.15, -0.1) is 0 Å². The van der Waals surface area contributed by atoms with E-state index in [1.165, 1.54) is 0 Å². The van der Waals surface area contributed by atoms with E-state index in [1.807, 2.05) is 19.2 Å². The molecule has 0 bridgehead atoms. The summed E-state index contributed by atoms with van der Waals surface area (Å²) in [6.45, 7) is 3.43. The molecular formula is C19H13Cl2N3O. The maximum Gasteiger partial charge on any atom is 0.206 e. The van der Waals surface area contributed by atoms with Crippen LogP contribution in [-0.2, 0) is 6.54 Å². The Hall–Kier alpha value is -2.48. The fourth-order valence-electron chi connectivity index (χ4n) is 3.51. The summed E-state index contributed by atoms with van der Waals surface area (Å²) in [6, 6.07) is 7.28. The van der Waals surface area contributed by atoms with Crippen LogP contribution in [0.3, 0.4) is 0 Å². The number of carbonyl (C=O) groups excluding carboxylic acids is 1. The topological polar surface area (TPSA) is 57.8 Å². The first-order chi connectivity index (χ1) is 12.0. The first-order valence-electron chi connectivity index (χ1n) is 7.81. The van der Waals surface area contributed by atoms with Crippen molar-refractivity contribution in [3.8, 4) is 6.07 Å². The van der Waals surface area contributed by atoms with Crippen molar-refractivity contribution in [1.29, 1.82) is 5.26 Å². The van der Waals surface area contributed by atoms with Crippen molar-refractivity contribution in [2.24, 2.45) is 0 Å². The van der Waals surface area contributed by atoms with Crippen LogP contribution < -0.4 is 16.0 Å². The Bertz CT molecular complexity index is 1110. The number of aromatic nitrogens is 1. The molecule has 2 aromatic rings. The van der Waals surface area contributed by atoms with Gasteiger partial charge < -0.3 is 9.88 Å². The van der Waals surface area contributed by atoms with Crippen LogP contribution in [-0.4, -0.2) is 16.9 Å². The third-order valence-electron chi connectivity index (χ3n) is 4.58. The summed E-state index contributed by atoms with van der Waals surface area (Å²) in [6.07, 6.45) is 3.56. The van der Waals surface area contributed by atoms with Gasteiger partial charge in [-0.3, -0.25) is 4.79 Å². The minimum absolute atomic E-state index is 0.123. The molecule has 1 N–H and O–H groups in total. The van der Waals surface area contributed by atoms with Crippen molar-refractivity contribution in [3.63, 3.8) is 0 Å². The van der Waals surface area contributed by atoms with Crippen molar-refractivity contribution < 1.29 is 4.79 Å². The average Bonchev–Trinajstić information content (AvgIpc) is 2.89. The first kappa shape index (κ1) is 16.0. The zero-order valence-corrected chi connectivity index (χ0v) is 14.9. The van der Waals surface area contributed by atoms with Gasteiger partial charge in [0.05, 0.1) is 16.3 Å². The number of nitrogens with one attached hydrogen (secondary N) is 1. The molecule has 0 unspecified atom stereocenters. The smallest absolute Gasteiger partial charge is 0.206 e. The van der Waals surface area contributed by atoms with Crippen LogP contribution in [0.15, 0.2) is 29.8 Å². The van der Waals surface area contributed by atoms with E-state index in [0.717, 1.165) is 40.5 Å². The highest BCUT2D eigenvalue weighted by Gasteiger charge is 2.28. The van der Waals surface area contributed by atoms with Crippen LogP contribution >= 0.6 is 23.2 Å². The second kappa shape index (κ2) is 5.80. The van der Waals surface area contributed by atoms with E-state index >= 15 is 0 Å². The van der Waals surface area contributed by atoms with Crippen molar-refractivity contribution >= 4 is 40.8 Å². The summed E-state index contributed by atoms with van der Waals surface area (Å²) >= 11 is 12.3. The largest absolute Gasteiger partial charge is 0.387 e. The number of hydrogen-bond donors (Lipinski definition) is 1. The lowest BCUT2D eigenvalue weighted by Gasteiger charge is -2.15. The van der Waals surface area contributed by atoms with Crippen LogP contribution in [0.2, 0.25) is 10.0 Å². The molecule has 124 valence electrons. The molecule has 0 fully saturated rings. The number of carbonyl (C=O) groups is 1. The van der Waals surface area contributed by atoms with Gasteiger partial charge in [0.1, 0.15) is 11.6 Å². The Balaban J connectivity index is 2.20. The predicted octanol–water partition coefficient (Wildman–Crippen LogP) is 2.29. The number of benzene rings is 1. The molecule has 0 saturated heterocycles. The monoisotopic (exact) mass is 369 g/mol. The fourth-order valence-corrected chi connectivity index (χ4v) is 4.04. The number of nitriles is 1. The molecule has 2 heterocycles. The Morgan fingerprint density at radius 1 is 1.24 bits per heavy atom. The molecule has 1 aliphatic heterocycles. The number of ketones is 1. The van der Waals surface area contributed by atoms with Gasteiger partial charge in [-0.05, 0) is 42.3 Å². The molecule has 6 heteroatoms. The van der Waals surface area contributed by atoms with Gasteiger partial charge in [-0.1, -0.05) is 23.2 Å². The number of fused-ring (bicyclic) bond motifs is 3. The number of halogens is 2. The third-order valence-corrected chi connectivity index (χ3v) is 5.02. The van der Waals surface area contributed by atoms with Gasteiger partial charge in [0.25, 0.3) is 0 Å². The van der Waals surface area contributed by atoms with E-state index in [9.17, 15) is 10.1 Å². The molecule has 4 rings (SSSR count). The highest BCUT2D eigenvalue weighted by atomic mass is 35.5. The molecule has 1 aliphatic carbocycles. The maximum atomic E-state index is 12.8. The van der Waals surface area contributed by atoms with Gasteiger partial charge >= 0.3 is 0 Å². The number of Topliss-reactive ketones (excluding diaryl/α,β-unsaturated/α-hetero) is 1. The second-order valence-electron chi connectivity index (χ2n) is 6.05. The maximum absolute atomic E-state index is 12.8. The van der Waals surface area contributed by atoms with Crippen molar-refractivity contribution in [1.82, 2.24) is 9.88 Å². The predicted molar refractivity (Wildman–Crippen MR) is 97.9 cm³/mol. The Labute approximate surface area is 154 Å². The Kier molecular flexibility index (Phi) is 3.72. The minimum Gasteiger partial charge on any atom is -0.387 e. The van der Waals surface area contributed by atoms with Crippen LogP contribution in [0.1, 0.15) is 21.5 Å². The zero-order valence-electron chi connectivity index (χ0n) is 13.4. The number of rotatable bonds is 1. The SMILES string of the molecule is Cc1c2c(n3c1=CNCC3)=C(c1cc(Cl)cc(Cl)c1)C=C(C#N)C2=O. The first-order valence-corrected chi connectivity index (χ1v) is 8.57. The van der Waals surface area contributed by atoms with Gasteiger partial charge in [-0.25, -0.2) is 0 Å². The van der Waals surface area contributed by atoms with Crippen molar-refractivity contribution in [3.05, 3.63) is 67.3 Å². The molecule has 4 nitrogen and oxygen atoms in total. The van der Waals surface area contributed by atoms with Crippen molar-refractivity contribution in [2.45, 2.75) is 13.5 Å². The highest BCUT2D eigenvalue weighted by molar-refractivity contribution is 6.35. The summed E-state index contributed by atoms with van der Waals surface area (Å²) in [5.74, 6) is -0.234. The normalized spacial score (nSPS) is 15.5. The van der Waals surface area contributed by atoms with E-state index in [0.29, 0.717) is 15.6 Å². The lowest BCUT2D eigenvalue weighted by atomic mass is 9.91. The average molecular weight is 370 g/mol. The third kappa shape index (κ3) is 2.39. The van der Waals surface area contributed by atoms with Crippen LogP contribution in [0.5, 0.6) is 0 Å². The quantitative estimate of drug-likeness (QED) is 0.838. The van der Waals surface area contributed by atoms with Crippen LogP contribution in [0.25, 0.3) is 11.8 Å². The van der Waals surface area contributed by atoms with E-state index in [2.05, 4.69) is 9.88 Å². The van der Waals surface area contributed by atoms with E-state index in [4.69, 9.17) is 23.2 Å². The highest BCUT2D eigenvalue weighted by Crippen LogP contribution is 2.27. The lowest BCUT2D eigenvalue weighted by Crippen LogP contribution is -2.39. The molecule has 0 radical (unpaired) electrons. The standard InChI is InChI=1S/C19H13Cl2N3O/c1-10-16-9-23-2-3-24(16)18-15(6-12(8-22)19(25)17(10)18)11-4-13(20)7-14(21)5-11/h4-7,9,23H,2-3H2,1H3. The number of nitrogens with zero attached hydrogens (tertiary/aromatic N) is 2. The van der Waals surface area contributed by atoms with E-state index in [-0.39, 0.29) is 11.4 Å². The lowest BCUT2D eigenvalue weighted by molar-refractivity contribution is 0.103. The van der Waals surface area contributed by atoms with Crippen molar-refractivity contribution in [2.75, 3.05) is 6.54 Å². The molecule has 0 amide bonds. The summed E-state index contributed by atoms with van der Waals surface area (Å²) in [5.41, 5.74) is 3.16. The van der Waals surface area contributed by atoms with E-state index in [1.54, 1.807) is 24.3 Å². The van der Waals surface area contributed by atoms with Gasteiger partial charge in [0.15, 0.2) is 0 Å². The van der Waals surface area contributed by atoms with Gasteiger partial charge in [0, 0.05) is 34.9 Å². The number of allylic oxidation sites excluding steroid dienone is 2. The molecule has 25 heavy (non-hydrogen) atoms. The molecule has 1 aromatic heterocycles. The van der Waals surface area contributed by atoms with Gasteiger partial charge in [-0.2, -0.15) is 5.26 Å². The summed E-state index contributed by atoms with van der Waals surface area (Å²) in [4.78, 5) is 12.8. The minimum atomic E-state index is -0.234. The second-order valence-corrected chi connectivity index (χ2v) is 6.93. The summed E-state index contributed by atoms with van der Waals surface area (Å²) in [7, 11) is 0. The molecule has 0 spiro atoms. The summed E-state index contributed by atoms with van der Waals surface area (Å²) in [5, 5.41) is 15.4. The van der Waals surface area contributed by atoms with Gasteiger partial charge in [0.2, 0.25) is 5.78 Å².